The highest BCUT2D eigenvalue weighted by Gasteiger charge is 2.09. The molecular formula is C26H31ClN4. The number of aromatic amines is 1. The Morgan fingerprint density at radius 1 is 0.774 bits per heavy atom. The molecule has 31 heavy (non-hydrogen) atoms. The van der Waals surface area contributed by atoms with Gasteiger partial charge in [-0.15, -0.1) is 12.4 Å². The van der Waals surface area contributed by atoms with Gasteiger partial charge in [0.25, 0.3) is 0 Å². The third-order valence-corrected chi connectivity index (χ3v) is 5.42. The first-order valence-electron chi connectivity index (χ1n) is 10.6. The summed E-state index contributed by atoms with van der Waals surface area (Å²) < 4.78 is 0. The fraction of sp³-hybridized carbons (Fsp3) is 0.269. The Hall–Kier alpha value is -2.66. The largest absolute Gasteiger partial charge is 0.345 e. The van der Waals surface area contributed by atoms with E-state index >= 15 is 0 Å². The first kappa shape index (κ1) is 23.0. The first-order chi connectivity index (χ1) is 14.7. The standard InChI is InChI=1S/C26H30N4.ClH/c1-29(2)14-7-15-30(18-21-8-4-3-5-9-21)19-22-10-6-11-23(16-22)24-12-13-25-26(17-24)28-20-27-25;/h3-6,8-13,16-17,20H,7,14-15,18-19H2,1-2H3,(H,27,28);1H. The fourth-order valence-corrected chi connectivity index (χ4v) is 3.89. The molecule has 0 unspecified atom stereocenters. The minimum Gasteiger partial charge on any atom is -0.345 e. The lowest BCUT2D eigenvalue weighted by molar-refractivity contribution is 0.240. The van der Waals surface area contributed by atoms with Crippen LogP contribution in [0.4, 0.5) is 0 Å². The average Bonchev–Trinajstić information content (AvgIpc) is 3.22. The molecule has 5 heteroatoms. The Labute approximate surface area is 191 Å². The van der Waals surface area contributed by atoms with Gasteiger partial charge in [0.2, 0.25) is 0 Å². The minimum absolute atomic E-state index is 0. The SMILES string of the molecule is CN(C)CCCN(Cc1ccccc1)Cc1cccc(-c2ccc3[nH]cnc3c2)c1.Cl. The molecule has 0 aliphatic rings. The average molecular weight is 435 g/mol. The van der Waals surface area contributed by atoms with Crippen molar-refractivity contribution in [1.29, 1.82) is 0 Å². The molecule has 0 saturated heterocycles. The van der Waals surface area contributed by atoms with Gasteiger partial charge in [0.1, 0.15) is 0 Å². The molecule has 4 nitrogen and oxygen atoms in total. The molecule has 1 N–H and O–H groups in total. The van der Waals surface area contributed by atoms with Crippen molar-refractivity contribution in [2.75, 3.05) is 27.2 Å². The Bertz CT molecular complexity index is 1070. The number of aromatic nitrogens is 2. The van der Waals surface area contributed by atoms with Gasteiger partial charge >= 0.3 is 0 Å². The summed E-state index contributed by atoms with van der Waals surface area (Å²) in [4.78, 5) is 12.4. The van der Waals surface area contributed by atoms with E-state index in [0.29, 0.717) is 0 Å². The quantitative estimate of drug-likeness (QED) is 0.372. The number of nitrogens with zero attached hydrogens (tertiary/aromatic N) is 3. The summed E-state index contributed by atoms with van der Waals surface area (Å²) in [7, 11) is 4.28. The van der Waals surface area contributed by atoms with E-state index < -0.39 is 0 Å². The molecule has 0 amide bonds. The first-order valence-corrected chi connectivity index (χ1v) is 10.6. The van der Waals surface area contributed by atoms with Crippen LogP contribution in [0.25, 0.3) is 22.2 Å². The second-order valence-corrected chi connectivity index (χ2v) is 8.19. The highest BCUT2D eigenvalue weighted by atomic mass is 35.5. The second kappa shape index (κ2) is 11.1. The van der Waals surface area contributed by atoms with Gasteiger partial charge < -0.3 is 9.88 Å². The molecule has 0 radical (unpaired) electrons. The van der Waals surface area contributed by atoms with E-state index in [9.17, 15) is 0 Å². The summed E-state index contributed by atoms with van der Waals surface area (Å²) in [5.74, 6) is 0. The van der Waals surface area contributed by atoms with Crippen LogP contribution < -0.4 is 0 Å². The summed E-state index contributed by atoms with van der Waals surface area (Å²) in [6.07, 6.45) is 2.91. The summed E-state index contributed by atoms with van der Waals surface area (Å²) in [6.45, 7) is 4.10. The Balaban J connectivity index is 0.00000272. The van der Waals surface area contributed by atoms with Crippen LogP contribution in [0.3, 0.4) is 0 Å². The zero-order chi connectivity index (χ0) is 20.8. The predicted octanol–water partition coefficient (Wildman–Crippen LogP) is 5.61. The van der Waals surface area contributed by atoms with Crippen LogP contribution in [0.5, 0.6) is 0 Å². The zero-order valence-electron chi connectivity index (χ0n) is 18.3. The number of hydrogen-bond donors (Lipinski definition) is 1. The molecule has 0 fully saturated rings. The van der Waals surface area contributed by atoms with Crippen LogP contribution in [0.2, 0.25) is 0 Å². The van der Waals surface area contributed by atoms with Gasteiger partial charge in [-0.05, 0) is 67.5 Å². The maximum Gasteiger partial charge on any atom is 0.0931 e. The van der Waals surface area contributed by atoms with Crippen molar-refractivity contribution < 1.29 is 0 Å². The molecule has 1 aromatic heterocycles. The van der Waals surface area contributed by atoms with Crippen molar-refractivity contribution >= 4 is 23.4 Å². The highest BCUT2D eigenvalue weighted by Crippen LogP contribution is 2.24. The highest BCUT2D eigenvalue weighted by molar-refractivity contribution is 5.85. The summed E-state index contributed by atoms with van der Waals surface area (Å²) in [6, 6.07) is 26.1. The molecular weight excluding hydrogens is 404 g/mol. The molecule has 0 atom stereocenters. The van der Waals surface area contributed by atoms with E-state index in [1.54, 1.807) is 6.33 Å². The summed E-state index contributed by atoms with van der Waals surface area (Å²) in [5, 5.41) is 0. The molecule has 1 heterocycles. The summed E-state index contributed by atoms with van der Waals surface area (Å²) >= 11 is 0. The number of benzene rings is 3. The molecule has 4 aromatic rings. The van der Waals surface area contributed by atoms with Crippen molar-refractivity contribution in [1.82, 2.24) is 19.8 Å². The van der Waals surface area contributed by atoms with Crippen molar-refractivity contribution in [2.24, 2.45) is 0 Å². The number of hydrogen-bond acceptors (Lipinski definition) is 3. The van der Waals surface area contributed by atoms with Crippen molar-refractivity contribution in [3.8, 4) is 11.1 Å². The van der Waals surface area contributed by atoms with E-state index in [0.717, 1.165) is 43.6 Å². The van der Waals surface area contributed by atoms with Crippen LogP contribution in [0, 0.1) is 0 Å². The van der Waals surface area contributed by atoms with Crippen LogP contribution >= 0.6 is 12.4 Å². The van der Waals surface area contributed by atoms with Gasteiger partial charge in [0.05, 0.1) is 17.4 Å². The molecule has 0 aliphatic carbocycles. The van der Waals surface area contributed by atoms with Crippen molar-refractivity contribution in [3.63, 3.8) is 0 Å². The monoisotopic (exact) mass is 434 g/mol. The van der Waals surface area contributed by atoms with E-state index in [-0.39, 0.29) is 12.4 Å². The normalized spacial score (nSPS) is 11.2. The van der Waals surface area contributed by atoms with Crippen molar-refractivity contribution in [3.05, 3.63) is 90.3 Å². The third kappa shape index (κ3) is 6.41. The molecule has 0 spiro atoms. The van der Waals surface area contributed by atoms with Gasteiger partial charge in [0, 0.05) is 19.6 Å². The molecule has 0 bridgehead atoms. The minimum atomic E-state index is 0. The van der Waals surface area contributed by atoms with Gasteiger partial charge in [-0.3, -0.25) is 4.90 Å². The fourth-order valence-electron chi connectivity index (χ4n) is 3.89. The number of halogens is 1. The van der Waals surface area contributed by atoms with Gasteiger partial charge in [-0.25, -0.2) is 4.98 Å². The lowest BCUT2D eigenvalue weighted by Gasteiger charge is -2.24. The van der Waals surface area contributed by atoms with E-state index in [2.05, 4.69) is 107 Å². The molecule has 0 saturated carbocycles. The maximum atomic E-state index is 4.40. The van der Waals surface area contributed by atoms with E-state index in [1.165, 1.54) is 22.3 Å². The zero-order valence-corrected chi connectivity index (χ0v) is 19.1. The number of fused-ring (bicyclic) bond motifs is 1. The van der Waals surface area contributed by atoms with Gasteiger partial charge in [-0.1, -0.05) is 54.6 Å². The predicted molar refractivity (Wildman–Crippen MR) is 133 cm³/mol. The Kier molecular flexibility index (Phi) is 8.24. The van der Waals surface area contributed by atoms with Crippen molar-refractivity contribution in [2.45, 2.75) is 19.5 Å². The lowest BCUT2D eigenvalue weighted by atomic mass is 10.0. The Morgan fingerprint density at radius 3 is 2.32 bits per heavy atom. The molecule has 0 aliphatic heterocycles. The summed E-state index contributed by atoms with van der Waals surface area (Å²) in [5.41, 5.74) is 7.24. The molecule has 162 valence electrons. The van der Waals surface area contributed by atoms with Crippen LogP contribution in [0.1, 0.15) is 17.5 Å². The number of imidazole rings is 1. The number of rotatable bonds is 9. The lowest BCUT2D eigenvalue weighted by Crippen LogP contribution is -2.26. The van der Waals surface area contributed by atoms with Gasteiger partial charge in [-0.2, -0.15) is 0 Å². The maximum absolute atomic E-state index is 4.40. The topological polar surface area (TPSA) is 35.2 Å². The van der Waals surface area contributed by atoms with Crippen LogP contribution in [0.15, 0.2) is 79.1 Å². The van der Waals surface area contributed by atoms with Crippen LogP contribution in [-0.2, 0) is 13.1 Å². The van der Waals surface area contributed by atoms with E-state index in [4.69, 9.17) is 0 Å². The second-order valence-electron chi connectivity index (χ2n) is 8.19. The number of H-pyrrole nitrogens is 1. The number of nitrogens with one attached hydrogen (secondary N) is 1. The smallest absolute Gasteiger partial charge is 0.0931 e. The van der Waals surface area contributed by atoms with Gasteiger partial charge in [0.15, 0.2) is 0 Å². The Morgan fingerprint density at radius 2 is 1.52 bits per heavy atom. The third-order valence-electron chi connectivity index (χ3n) is 5.42. The molecule has 3 aromatic carbocycles. The van der Waals surface area contributed by atoms with Crippen LogP contribution in [-0.4, -0.2) is 47.0 Å². The molecule has 4 rings (SSSR count). The van der Waals surface area contributed by atoms with E-state index in [1.807, 2.05) is 0 Å².